The van der Waals surface area contributed by atoms with Crippen LogP contribution in [-0.4, -0.2) is 30.5 Å². The van der Waals surface area contributed by atoms with E-state index in [0.717, 1.165) is 0 Å². The molecule has 0 unspecified atom stereocenters. The third kappa shape index (κ3) is 5.66. The number of nitro groups is 1. The minimum Gasteiger partial charge on any atom is -0.480 e. The van der Waals surface area contributed by atoms with Gasteiger partial charge in [-0.1, -0.05) is 42.5 Å². The molecule has 0 aliphatic heterocycles. The van der Waals surface area contributed by atoms with Crippen molar-refractivity contribution in [2.24, 2.45) is 0 Å². The maximum Gasteiger partial charge on any atom is 0.322 e. The first-order valence-corrected chi connectivity index (χ1v) is 8.92. The largest absolute Gasteiger partial charge is 0.480 e. The lowest BCUT2D eigenvalue weighted by atomic mass is 10.1. The molecule has 1 atom stereocenters. The highest BCUT2D eigenvalue weighted by Crippen LogP contribution is 2.14. The smallest absolute Gasteiger partial charge is 0.322 e. The van der Waals surface area contributed by atoms with Gasteiger partial charge in [0, 0.05) is 12.1 Å². The van der Waals surface area contributed by atoms with Gasteiger partial charge in [-0.2, -0.15) is 0 Å². The summed E-state index contributed by atoms with van der Waals surface area (Å²) >= 11 is 0. The molecule has 2 aromatic carbocycles. The molecule has 0 aliphatic carbocycles. The second kappa shape index (κ2) is 7.86. The third-order valence-corrected chi connectivity index (χ3v) is 4.76. The highest BCUT2D eigenvalue weighted by molar-refractivity contribution is 7.88. The van der Waals surface area contributed by atoms with Crippen LogP contribution in [0.3, 0.4) is 0 Å². The molecule has 0 spiro atoms. The topological polar surface area (TPSA) is 127 Å². The summed E-state index contributed by atoms with van der Waals surface area (Å²) in [6.07, 6.45) is -0.124. The standard InChI is InChI=1S/C16H16N2O6S/c19-16(20)15(10-12-6-8-14(9-7-12)18(21)22)17-25(23,24)11-13-4-2-1-3-5-13/h1-9,15,17H,10-11H2,(H,19,20)/t15-/m1/s1. The van der Waals surface area contributed by atoms with Crippen molar-refractivity contribution in [2.75, 3.05) is 0 Å². The molecule has 2 N–H and O–H groups in total. The molecular formula is C16H16N2O6S. The van der Waals surface area contributed by atoms with Gasteiger partial charge in [-0.15, -0.1) is 0 Å². The number of carbonyl (C=O) groups is 1. The first-order valence-electron chi connectivity index (χ1n) is 7.27. The van der Waals surface area contributed by atoms with Crippen molar-refractivity contribution in [1.29, 1.82) is 0 Å². The van der Waals surface area contributed by atoms with Crippen molar-refractivity contribution in [3.63, 3.8) is 0 Å². The van der Waals surface area contributed by atoms with Gasteiger partial charge in [0.25, 0.3) is 5.69 Å². The molecule has 0 bridgehead atoms. The van der Waals surface area contributed by atoms with Crippen molar-refractivity contribution in [2.45, 2.75) is 18.2 Å². The molecule has 0 aromatic heterocycles. The monoisotopic (exact) mass is 364 g/mol. The Kier molecular flexibility index (Phi) is 5.84. The molecule has 0 saturated heterocycles. The number of nitrogens with zero attached hydrogens (tertiary/aromatic N) is 1. The van der Waals surface area contributed by atoms with Gasteiger partial charge in [0.15, 0.2) is 0 Å². The van der Waals surface area contributed by atoms with Crippen LogP contribution in [0.4, 0.5) is 5.69 Å². The number of aliphatic carboxylic acids is 1. The van der Waals surface area contributed by atoms with E-state index < -0.39 is 27.0 Å². The van der Waals surface area contributed by atoms with E-state index >= 15 is 0 Å². The fraction of sp³-hybridized carbons (Fsp3) is 0.188. The molecule has 0 saturated carbocycles. The van der Waals surface area contributed by atoms with Crippen LogP contribution in [0.1, 0.15) is 11.1 Å². The molecule has 0 fully saturated rings. The van der Waals surface area contributed by atoms with Crippen LogP contribution in [0.15, 0.2) is 54.6 Å². The average molecular weight is 364 g/mol. The molecule has 0 radical (unpaired) electrons. The van der Waals surface area contributed by atoms with Gasteiger partial charge in [-0.3, -0.25) is 14.9 Å². The third-order valence-electron chi connectivity index (χ3n) is 3.41. The van der Waals surface area contributed by atoms with Crippen molar-refractivity contribution in [1.82, 2.24) is 4.72 Å². The number of nitro benzene ring substituents is 1. The van der Waals surface area contributed by atoms with Gasteiger partial charge >= 0.3 is 5.97 Å². The van der Waals surface area contributed by atoms with E-state index in [-0.39, 0.29) is 17.9 Å². The van der Waals surface area contributed by atoms with E-state index in [1.165, 1.54) is 24.3 Å². The lowest BCUT2D eigenvalue weighted by Crippen LogP contribution is -2.42. The van der Waals surface area contributed by atoms with Crippen molar-refractivity contribution in [3.05, 3.63) is 75.8 Å². The predicted octanol–water partition coefficient (Wildman–Crippen LogP) is 1.71. The Morgan fingerprint density at radius 1 is 1.08 bits per heavy atom. The van der Waals surface area contributed by atoms with Crippen LogP contribution in [0.2, 0.25) is 0 Å². The van der Waals surface area contributed by atoms with Crippen LogP contribution < -0.4 is 4.72 Å². The minimum absolute atomic E-state index is 0.124. The van der Waals surface area contributed by atoms with Gasteiger partial charge in [-0.25, -0.2) is 13.1 Å². The molecule has 0 aliphatic rings. The number of non-ortho nitro benzene ring substituents is 1. The Bertz CT molecular complexity index is 850. The van der Waals surface area contributed by atoms with Gasteiger partial charge < -0.3 is 5.11 Å². The molecule has 0 heterocycles. The quantitative estimate of drug-likeness (QED) is 0.542. The Morgan fingerprint density at radius 2 is 1.68 bits per heavy atom. The minimum atomic E-state index is -3.86. The van der Waals surface area contributed by atoms with Crippen LogP contribution in [0.25, 0.3) is 0 Å². The fourth-order valence-electron chi connectivity index (χ4n) is 2.22. The van der Waals surface area contributed by atoms with E-state index in [0.29, 0.717) is 11.1 Å². The van der Waals surface area contributed by atoms with E-state index in [2.05, 4.69) is 4.72 Å². The van der Waals surface area contributed by atoms with E-state index in [1.807, 2.05) is 0 Å². The number of hydrogen-bond donors (Lipinski definition) is 2. The number of benzene rings is 2. The highest BCUT2D eigenvalue weighted by Gasteiger charge is 2.24. The normalized spacial score (nSPS) is 12.5. The average Bonchev–Trinajstić information content (AvgIpc) is 2.55. The first-order chi connectivity index (χ1) is 11.8. The summed E-state index contributed by atoms with van der Waals surface area (Å²) in [6.45, 7) is 0. The number of sulfonamides is 1. The number of hydrogen-bond acceptors (Lipinski definition) is 5. The fourth-order valence-corrected chi connectivity index (χ4v) is 3.55. The Labute approximate surface area is 144 Å². The number of nitrogens with one attached hydrogen (secondary N) is 1. The lowest BCUT2D eigenvalue weighted by molar-refractivity contribution is -0.384. The highest BCUT2D eigenvalue weighted by atomic mass is 32.2. The van der Waals surface area contributed by atoms with Crippen LogP contribution in [0.5, 0.6) is 0 Å². The lowest BCUT2D eigenvalue weighted by Gasteiger charge is -2.15. The number of carboxylic acid groups (broad SMARTS) is 1. The zero-order valence-corrected chi connectivity index (χ0v) is 13.8. The van der Waals surface area contributed by atoms with Crippen molar-refractivity contribution < 1.29 is 23.2 Å². The first kappa shape index (κ1) is 18.6. The van der Waals surface area contributed by atoms with Crippen LogP contribution in [-0.2, 0) is 27.0 Å². The van der Waals surface area contributed by atoms with Gasteiger partial charge in [-0.05, 0) is 17.5 Å². The van der Waals surface area contributed by atoms with Gasteiger partial charge in [0.2, 0.25) is 10.0 Å². The molecule has 2 rings (SSSR count). The molecule has 8 nitrogen and oxygen atoms in total. The van der Waals surface area contributed by atoms with E-state index in [1.54, 1.807) is 30.3 Å². The van der Waals surface area contributed by atoms with E-state index in [4.69, 9.17) is 0 Å². The number of carboxylic acids is 1. The summed E-state index contributed by atoms with van der Waals surface area (Å²) in [7, 11) is -3.86. The zero-order chi connectivity index (χ0) is 18.4. The molecule has 2 aromatic rings. The second-order valence-corrected chi connectivity index (χ2v) is 7.13. The molecule has 25 heavy (non-hydrogen) atoms. The molecule has 0 amide bonds. The van der Waals surface area contributed by atoms with Crippen LogP contribution in [0, 0.1) is 10.1 Å². The summed E-state index contributed by atoms with van der Waals surface area (Å²) in [4.78, 5) is 21.4. The van der Waals surface area contributed by atoms with E-state index in [9.17, 15) is 28.4 Å². The van der Waals surface area contributed by atoms with Crippen molar-refractivity contribution >= 4 is 21.7 Å². The van der Waals surface area contributed by atoms with Crippen LogP contribution >= 0.6 is 0 Å². The van der Waals surface area contributed by atoms with Gasteiger partial charge in [0.05, 0.1) is 10.7 Å². The maximum absolute atomic E-state index is 12.2. The molecular weight excluding hydrogens is 348 g/mol. The Hall–Kier alpha value is -2.78. The predicted molar refractivity (Wildman–Crippen MR) is 90.4 cm³/mol. The van der Waals surface area contributed by atoms with Gasteiger partial charge in [0.1, 0.15) is 6.04 Å². The summed E-state index contributed by atoms with van der Waals surface area (Å²) in [5, 5.41) is 19.9. The SMILES string of the molecule is O=C(O)[C@@H](Cc1ccc([N+](=O)[O-])cc1)NS(=O)(=O)Cc1ccccc1. The summed E-state index contributed by atoms with van der Waals surface area (Å²) in [5.74, 6) is -1.66. The Morgan fingerprint density at radius 3 is 2.20 bits per heavy atom. The maximum atomic E-state index is 12.2. The summed E-state index contributed by atoms with van der Waals surface area (Å²) in [5.41, 5.74) is 0.884. The number of rotatable bonds is 8. The zero-order valence-electron chi connectivity index (χ0n) is 13.0. The molecule has 132 valence electrons. The molecule has 9 heteroatoms. The second-order valence-electron chi connectivity index (χ2n) is 5.38. The van der Waals surface area contributed by atoms with Crippen molar-refractivity contribution in [3.8, 4) is 0 Å². The Balaban J connectivity index is 2.10. The summed E-state index contributed by atoms with van der Waals surface area (Å²) < 4.78 is 26.5. The summed E-state index contributed by atoms with van der Waals surface area (Å²) in [6, 6.07) is 12.3.